The zero-order chi connectivity index (χ0) is 13.2. The second-order valence-corrected chi connectivity index (χ2v) is 7.58. The Kier molecular flexibility index (Phi) is 3.86. The summed E-state index contributed by atoms with van der Waals surface area (Å²) in [5.74, 6) is 0.0123. The molecule has 1 unspecified atom stereocenters. The monoisotopic (exact) mass is 289 g/mol. The van der Waals surface area contributed by atoms with E-state index in [1.54, 1.807) is 5.38 Å². The van der Waals surface area contributed by atoms with Gasteiger partial charge in [-0.05, 0) is 12.8 Å². The smallest absolute Gasteiger partial charge is 0.226 e. The van der Waals surface area contributed by atoms with E-state index in [4.69, 9.17) is 5.73 Å². The maximum atomic E-state index is 11.6. The largest absolute Gasteiger partial charge is 0.375 e. The first-order valence-corrected chi connectivity index (χ1v) is 8.25. The summed E-state index contributed by atoms with van der Waals surface area (Å²) in [7, 11) is -3.00. The third kappa shape index (κ3) is 3.20. The fraction of sp³-hybridized carbons (Fsp3) is 0.600. The molecule has 1 aromatic heterocycles. The summed E-state index contributed by atoms with van der Waals surface area (Å²) in [5.41, 5.74) is 6.07. The molecule has 1 saturated heterocycles. The third-order valence-electron chi connectivity index (χ3n) is 2.90. The van der Waals surface area contributed by atoms with E-state index >= 15 is 0 Å². The molecule has 1 fully saturated rings. The van der Waals surface area contributed by atoms with E-state index in [1.807, 2.05) is 0 Å². The number of anilines is 1. The van der Waals surface area contributed by atoms with Crippen LogP contribution in [0.1, 0.15) is 18.5 Å². The second kappa shape index (κ2) is 5.23. The van der Waals surface area contributed by atoms with Crippen LogP contribution in [0, 0.1) is 0 Å². The molecule has 2 heterocycles. The van der Waals surface area contributed by atoms with E-state index in [0.29, 0.717) is 23.7 Å². The Morgan fingerprint density at radius 2 is 2.39 bits per heavy atom. The Balaban J connectivity index is 1.82. The number of amides is 1. The molecular formula is C10H15N3O3S2. The van der Waals surface area contributed by atoms with Gasteiger partial charge >= 0.3 is 0 Å². The van der Waals surface area contributed by atoms with Crippen LogP contribution in [0.15, 0.2) is 5.38 Å². The van der Waals surface area contributed by atoms with Gasteiger partial charge in [0.1, 0.15) is 0 Å². The highest BCUT2D eigenvalue weighted by atomic mass is 32.2. The molecule has 8 heteroatoms. The van der Waals surface area contributed by atoms with Crippen LogP contribution in [0.3, 0.4) is 0 Å². The number of hydrogen-bond donors (Lipinski definition) is 2. The van der Waals surface area contributed by atoms with Gasteiger partial charge in [-0.2, -0.15) is 0 Å². The number of aromatic nitrogens is 1. The first kappa shape index (κ1) is 13.3. The van der Waals surface area contributed by atoms with E-state index in [2.05, 4.69) is 10.3 Å². The summed E-state index contributed by atoms with van der Waals surface area (Å²) in [5, 5.41) is 4.37. The lowest BCUT2D eigenvalue weighted by molar-refractivity contribution is -0.120. The summed E-state index contributed by atoms with van der Waals surface area (Å²) in [4.78, 5) is 15.6. The molecule has 1 aliphatic heterocycles. The van der Waals surface area contributed by atoms with Crippen molar-refractivity contribution < 1.29 is 13.2 Å². The molecule has 2 rings (SSSR count). The van der Waals surface area contributed by atoms with Gasteiger partial charge in [-0.15, -0.1) is 11.3 Å². The standard InChI is InChI=1S/C10H15N3O3S2/c11-10-13-7(6-17-10)4-9(14)12-5-8-2-1-3-18(8,15)16/h6,8H,1-5H2,(H2,11,13)(H,12,14). The van der Waals surface area contributed by atoms with Crippen molar-refractivity contribution in [2.75, 3.05) is 18.0 Å². The molecule has 0 aromatic carbocycles. The fourth-order valence-corrected chi connectivity index (χ4v) is 4.27. The fourth-order valence-electron chi connectivity index (χ4n) is 1.95. The Morgan fingerprint density at radius 3 is 2.94 bits per heavy atom. The Hall–Kier alpha value is -1.15. The number of nitrogen functional groups attached to an aromatic ring is 1. The van der Waals surface area contributed by atoms with Crippen molar-refractivity contribution in [3.05, 3.63) is 11.1 Å². The van der Waals surface area contributed by atoms with Crippen LogP contribution in [-0.4, -0.2) is 36.9 Å². The molecule has 18 heavy (non-hydrogen) atoms. The topological polar surface area (TPSA) is 102 Å². The van der Waals surface area contributed by atoms with Gasteiger partial charge < -0.3 is 11.1 Å². The molecular weight excluding hydrogens is 274 g/mol. The van der Waals surface area contributed by atoms with Crippen LogP contribution < -0.4 is 11.1 Å². The number of hydrogen-bond acceptors (Lipinski definition) is 6. The third-order valence-corrected chi connectivity index (χ3v) is 5.90. The lowest BCUT2D eigenvalue weighted by atomic mass is 10.2. The quantitative estimate of drug-likeness (QED) is 0.810. The number of carbonyl (C=O) groups excluding carboxylic acids is 1. The molecule has 0 bridgehead atoms. The lowest BCUT2D eigenvalue weighted by Gasteiger charge is -2.10. The van der Waals surface area contributed by atoms with Gasteiger partial charge in [0, 0.05) is 11.9 Å². The zero-order valence-electron chi connectivity index (χ0n) is 9.76. The molecule has 0 spiro atoms. The zero-order valence-corrected chi connectivity index (χ0v) is 11.4. The molecule has 1 aliphatic rings. The van der Waals surface area contributed by atoms with Crippen LogP contribution in [0.5, 0.6) is 0 Å². The molecule has 0 saturated carbocycles. The molecule has 6 nitrogen and oxygen atoms in total. The first-order valence-electron chi connectivity index (χ1n) is 5.65. The molecule has 1 atom stereocenters. The number of nitrogens with one attached hydrogen (secondary N) is 1. The summed E-state index contributed by atoms with van der Waals surface area (Å²) in [6, 6.07) is 0. The normalized spacial score (nSPS) is 21.9. The van der Waals surface area contributed by atoms with Crippen molar-refractivity contribution in [2.24, 2.45) is 0 Å². The number of carbonyl (C=O) groups is 1. The molecule has 0 aliphatic carbocycles. The van der Waals surface area contributed by atoms with Crippen molar-refractivity contribution in [2.45, 2.75) is 24.5 Å². The molecule has 100 valence electrons. The second-order valence-electron chi connectivity index (χ2n) is 4.29. The maximum absolute atomic E-state index is 11.6. The first-order chi connectivity index (χ1) is 8.47. The minimum absolute atomic E-state index is 0.139. The Labute approximate surface area is 110 Å². The number of nitrogens with zero attached hydrogens (tertiary/aromatic N) is 1. The summed E-state index contributed by atoms with van der Waals surface area (Å²) < 4.78 is 23.1. The van der Waals surface area contributed by atoms with Crippen molar-refractivity contribution in [3.63, 3.8) is 0 Å². The minimum atomic E-state index is -3.00. The predicted octanol–water partition coefficient (Wildman–Crippen LogP) is -0.0388. The van der Waals surface area contributed by atoms with E-state index in [9.17, 15) is 13.2 Å². The number of sulfone groups is 1. The van der Waals surface area contributed by atoms with Gasteiger partial charge in [0.2, 0.25) is 5.91 Å². The average Bonchev–Trinajstić information content (AvgIpc) is 2.82. The number of nitrogens with two attached hydrogens (primary N) is 1. The van der Waals surface area contributed by atoms with Crippen molar-refractivity contribution >= 4 is 32.2 Å². The van der Waals surface area contributed by atoms with Crippen LogP contribution in [0.4, 0.5) is 5.13 Å². The predicted molar refractivity (Wildman–Crippen MR) is 70.0 cm³/mol. The van der Waals surface area contributed by atoms with Gasteiger partial charge in [-0.3, -0.25) is 4.79 Å². The minimum Gasteiger partial charge on any atom is -0.375 e. The number of rotatable bonds is 4. The molecule has 0 radical (unpaired) electrons. The van der Waals surface area contributed by atoms with Crippen LogP contribution in [0.2, 0.25) is 0 Å². The summed E-state index contributed by atoms with van der Waals surface area (Å²) >= 11 is 1.28. The summed E-state index contributed by atoms with van der Waals surface area (Å²) in [6.07, 6.45) is 1.46. The van der Waals surface area contributed by atoms with Crippen LogP contribution >= 0.6 is 11.3 Å². The molecule has 3 N–H and O–H groups in total. The molecule has 1 amide bonds. The highest BCUT2D eigenvalue weighted by molar-refractivity contribution is 7.92. The van der Waals surface area contributed by atoms with Gasteiger partial charge in [0.05, 0.1) is 23.1 Å². The molecule has 1 aromatic rings. The Bertz CT molecular complexity index is 538. The highest BCUT2D eigenvalue weighted by Crippen LogP contribution is 2.19. The highest BCUT2D eigenvalue weighted by Gasteiger charge is 2.31. The summed E-state index contributed by atoms with van der Waals surface area (Å²) in [6.45, 7) is 0.195. The van der Waals surface area contributed by atoms with Gasteiger partial charge in [0.25, 0.3) is 0 Å². The van der Waals surface area contributed by atoms with E-state index in [-0.39, 0.29) is 24.6 Å². The number of thiazole rings is 1. The van der Waals surface area contributed by atoms with Crippen LogP contribution in [-0.2, 0) is 21.1 Å². The maximum Gasteiger partial charge on any atom is 0.226 e. The Morgan fingerprint density at radius 1 is 1.61 bits per heavy atom. The van der Waals surface area contributed by atoms with Crippen molar-refractivity contribution in [3.8, 4) is 0 Å². The van der Waals surface area contributed by atoms with E-state index in [1.165, 1.54) is 11.3 Å². The van der Waals surface area contributed by atoms with E-state index < -0.39 is 15.1 Å². The van der Waals surface area contributed by atoms with Gasteiger partial charge in [-0.1, -0.05) is 0 Å². The van der Waals surface area contributed by atoms with Gasteiger partial charge in [-0.25, -0.2) is 13.4 Å². The van der Waals surface area contributed by atoms with Crippen molar-refractivity contribution in [1.82, 2.24) is 10.3 Å². The van der Waals surface area contributed by atoms with E-state index in [0.717, 1.165) is 0 Å². The van der Waals surface area contributed by atoms with Crippen LogP contribution in [0.25, 0.3) is 0 Å². The van der Waals surface area contributed by atoms with Crippen molar-refractivity contribution in [1.29, 1.82) is 0 Å². The SMILES string of the molecule is Nc1nc(CC(=O)NCC2CCCS2(=O)=O)cs1. The lowest BCUT2D eigenvalue weighted by Crippen LogP contribution is -2.35. The van der Waals surface area contributed by atoms with Gasteiger partial charge in [0.15, 0.2) is 15.0 Å². The average molecular weight is 289 g/mol.